The molecule has 112 valence electrons. The zero-order valence-corrected chi connectivity index (χ0v) is 13.5. The van der Waals surface area contributed by atoms with Crippen molar-refractivity contribution in [2.75, 3.05) is 14.2 Å². The molecule has 0 radical (unpaired) electrons. The van der Waals surface area contributed by atoms with Crippen LogP contribution in [-0.4, -0.2) is 34.6 Å². The van der Waals surface area contributed by atoms with Gasteiger partial charge in [-0.1, -0.05) is 29.6 Å². The van der Waals surface area contributed by atoms with E-state index in [0.29, 0.717) is 11.3 Å². The minimum absolute atomic E-state index is 0.0553. The number of carbonyl (C=O) groups excluding carboxylic acids is 1. The van der Waals surface area contributed by atoms with Gasteiger partial charge in [0.2, 0.25) is 0 Å². The van der Waals surface area contributed by atoms with E-state index in [1.54, 1.807) is 19.1 Å². The number of hydrogen-bond acceptors (Lipinski definition) is 5. The van der Waals surface area contributed by atoms with E-state index in [-0.39, 0.29) is 11.9 Å². The van der Waals surface area contributed by atoms with Crippen molar-refractivity contribution in [2.45, 2.75) is 26.3 Å². The average molecular weight is 305 g/mol. The highest BCUT2D eigenvalue weighted by atomic mass is 32.1. The smallest absolute Gasteiger partial charge is 0.267 e. The molecule has 5 nitrogen and oxygen atoms in total. The standard InChI is InChI=1S/C15H19N3O2S/c1-5-12-14(21-17-16-12)15(19)18(3)10(2)11-8-6-7-9-13(11)20-4/h6-10H,5H2,1-4H3. The fourth-order valence-electron chi connectivity index (χ4n) is 2.16. The molecule has 0 aliphatic heterocycles. The van der Waals surface area contributed by atoms with Crippen LogP contribution in [0.2, 0.25) is 0 Å². The topological polar surface area (TPSA) is 55.3 Å². The summed E-state index contributed by atoms with van der Waals surface area (Å²) in [6, 6.07) is 7.63. The van der Waals surface area contributed by atoms with Gasteiger partial charge in [-0.05, 0) is 30.9 Å². The number of hydrogen-bond donors (Lipinski definition) is 0. The number of amides is 1. The molecule has 1 aromatic carbocycles. The molecule has 1 unspecified atom stereocenters. The Bertz CT molecular complexity index is 627. The third kappa shape index (κ3) is 3.05. The Hall–Kier alpha value is -1.95. The summed E-state index contributed by atoms with van der Waals surface area (Å²) in [5.74, 6) is 0.725. The van der Waals surface area contributed by atoms with Crippen LogP contribution in [0, 0.1) is 0 Å². The Labute approximate surface area is 128 Å². The van der Waals surface area contributed by atoms with Crippen molar-refractivity contribution >= 4 is 17.4 Å². The van der Waals surface area contributed by atoms with Crippen LogP contribution < -0.4 is 4.74 Å². The summed E-state index contributed by atoms with van der Waals surface area (Å²) in [7, 11) is 3.42. The summed E-state index contributed by atoms with van der Waals surface area (Å²) < 4.78 is 9.25. The van der Waals surface area contributed by atoms with Crippen molar-refractivity contribution in [1.82, 2.24) is 14.5 Å². The molecule has 1 amide bonds. The first-order valence-corrected chi connectivity index (χ1v) is 7.58. The number of aryl methyl sites for hydroxylation is 1. The molecule has 0 spiro atoms. The largest absolute Gasteiger partial charge is 0.496 e. The van der Waals surface area contributed by atoms with E-state index in [0.717, 1.165) is 28.5 Å². The normalized spacial score (nSPS) is 12.0. The van der Waals surface area contributed by atoms with E-state index in [1.807, 2.05) is 38.1 Å². The van der Waals surface area contributed by atoms with Crippen LogP contribution >= 0.6 is 11.5 Å². The van der Waals surface area contributed by atoms with Gasteiger partial charge in [0.25, 0.3) is 5.91 Å². The molecule has 0 saturated carbocycles. The van der Waals surface area contributed by atoms with E-state index >= 15 is 0 Å². The highest BCUT2D eigenvalue weighted by Crippen LogP contribution is 2.29. The fourth-order valence-corrected chi connectivity index (χ4v) is 2.89. The number of carbonyl (C=O) groups is 1. The number of benzene rings is 1. The molecule has 0 saturated heterocycles. The second-order valence-electron chi connectivity index (χ2n) is 4.74. The van der Waals surface area contributed by atoms with E-state index < -0.39 is 0 Å². The van der Waals surface area contributed by atoms with Crippen molar-refractivity contribution in [3.05, 3.63) is 40.4 Å². The average Bonchev–Trinajstić information content (AvgIpc) is 3.01. The van der Waals surface area contributed by atoms with Crippen LogP contribution in [0.25, 0.3) is 0 Å². The monoisotopic (exact) mass is 305 g/mol. The maximum absolute atomic E-state index is 12.6. The lowest BCUT2D eigenvalue weighted by molar-refractivity contribution is 0.0744. The molecule has 6 heteroatoms. The van der Waals surface area contributed by atoms with Gasteiger partial charge < -0.3 is 9.64 Å². The molecule has 0 N–H and O–H groups in total. The van der Waals surface area contributed by atoms with Crippen molar-refractivity contribution in [1.29, 1.82) is 0 Å². The van der Waals surface area contributed by atoms with E-state index in [1.165, 1.54) is 0 Å². The number of rotatable bonds is 5. The molecule has 1 heterocycles. The highest BCUT2D eigenvalue weighted by Gasteiger charge is 2.24. The SMILES string of the molecule is CCc1nnsc1C(=O)N(C)C(C)c1ccccc1OC. The van der Waals surface area contributed by atoms with Crippen molar-refractivity contribution in [2.24, 2.45) is 0 Å². The van der Waals surface area contributed by atoms with Gasteiger partial charge in [-0.2, -0.15) is 0 Å². The van der Waals surface area contributed by atoms with Gasteiger partial charge >= 0.3 is 0 Å². The Morgan fingerprint density at radius 1 is 1.43 bits per heavy atom. The Kier molecular flexibility index (Phi) is 4.90. The lowest BCUT2D eigenvalue weighted by Crippen LogP contribution is -2.30. The van der Waals surface area contributed by atoms with Crippen LogP contribution in [0.15, 0.2) is 24.3 Å². The number of para-hydroxylation sites is 1. The fraction of sp³-hybridized carbons (Fsp3) is 0.400. The van der Waals surface area contributed by atoms with Crippen molar-refractivity contribution < 1.29 is 9.53 Å². The summed E-state index contributed by atoms with van der Waals surface area (Å²) >= 11 is 1.15. The maximum atomic E-state index is 12.6. The molecule has 1 aromatic heterocycles. The Morgan fingerprint density at radius 2 is 2.14 bits per heavy atom. The predicted molar refractivity (Wildman–Crippen MR) is 82.8 cm³/mol. The summed E-state index contributed by atoms with van der Waals surface area (Å²) in [4.78, 5) is 14.9. The quantitative estimate of drug-likeness (QED) is 0.852. The molecular weight excluding hydrogens is 286 g/mol. The minimum Gasteiger partial charge on any atom is -0.496 e. The van der Waals surface area contributed by atoms with E-state index in [4.69, 9.17) is 4.74 Å². The van der Waals surface area contributed by atoms with E-state index in [9.17, 15) is 4.79 Å². The number of methoxy groups -OCH3 is 1. The molecule has 0 bridgehead atoms. The lowest BCUT2D eigenvalue weighted by Gasteiger charge is -2.26. The van der Waals surface area contributed by atoms with Crippen LogP contribution in [0.5, 0.6) is 5.75 Å². The first-order valence-electron chi connectivity index (χ1n) is 6.81. The predicted octanol–water partition coefficient (Wildman–Crippen LogP) is 2.94. The Balaban J connectivity index is 2.27. The molecule has 21 heavy (non-hydrogen) atoms. The molecule has 0 aliphatic rings. The van der Waals surface area contributed by atoms with Gasteiger partial charge in [-0.3, -0.25) is 4.79 Å². The van der Waals surface area contributed by atoms with Gasteiger partial charge in [0.1, 0.15) is 10.6 Å². The molecule has 1 atom stereocenters. The second-order valence-corrected chi connectivity index (χ2v) is 5.49. The summed E-state index contributed by atoms with van der Waals surface area (Å²) in [6.45, 7) is 3.95. The molecule has 2 aromatic rings. The third-order valence-electron chi connectivity index (χ3n) is 3.58. The number of nitrogens with zero attached hydrogens (tertiary/aromatic N) is 3. The third-order valence-corrected chi connectivity index (χ3v) is 4.33. The number of aromatic nitrogens is 2. The molecular formula is C15H19N3O2S. The zero-order chi connectivity index (χ0) is 15.4. The van der Waals surface area contributed by atoms with E-state index in [2.05, 4.69) is 9.59 Å². The lowest BCUT2D eigenvalue weighted by atomic mass is 10.1. The van der Waals surface area contributed by atoms with Crippen LogP contribution in [0.3, 0.4) is 0 Å². The van der Waals surface area contributed by atoms with Crippen molar-refractivity contribution in [3.63, 3.8) is 0 Å². The van der Waals surface area contributed by atoms with Crippen LogP contribution in [0.1, 0.15) is 40.8 Å². The van der Waals surface area contributed by atoms with Crippen molar-refractivity contribution in [3.8, 4) is 5.75 Å². The van der Waals surface area contributed by atoms with Gasteiger partial charge in [0, 0.05) is 12.6 Å². The maximum Gasteiger partial charge on any atom is 0.267 e. The summed E-state index contributed by atoms with van der Waals surface area (Å²) in [5.41, 5.74) is 1.73. The summed E-state index contributed by atoms with van der Waals surface area (Å²) in [5, 5.41) is 4.00. The van der Waals surface area contributed by atoms with Gasteiger partial charge in [-0.25, -0.2) is 0 Å². The molecule has 0 fully saturated rings. The summed E-state index contributed by atoms with van der Waals surface area (Å²) in [6.07, 6.45) is 0.703. The highest BCUT2D eigenvalue weighted by molar-refractivity contribution is 7.08. The first kappa shape index (κ1) is 15.4. The Morgan fingerprint density at radius 3 is 2.81 bits per heavy atom. The van der Waals surface area contributed by atoms with Gasteiger partial charge in [0.15, 0.2) is 0 Å². The minimum atomic E-state index is -0.0968. The molecule has 0 aliphatic carbocycles. The van der Waals surface area contributed by atoms with Gasteiger partial charge in [-0.15, -0.1) is 5.10 Å². The first-order chi connectivity index (χ1) is 10.1. The van der Waals surface area contributed by atoms with Crippen LogP contribution in [-0.2, 0) is 6.42 Å². The van der Waals surface area contributed by atoms with Gasteiger partial charge in [0.05, 0.1) is 18.8 Å². The number of ether oxygens (including phenoxy) is 1. The second kappa shape index (κ2) is 6.67. The molecule has 2 rings (SSSR count). The van der Waals surface area contributed by atoms with Crippen LogP contribution in [0.4, 0.5) is 0 Å². The zero-order valence-electron chi connectivity index (χ0n) is 12.7.